The van der Waals surface area contributed by atoms with E-state index in [0.717, 1.165) is 0 Å². The molecule has 0 saturated carbocycles. The Labute approximate surface area is 120 Å². The normalized spacial score (nSPS) is 13.4. The summed E-state index contributed by atoms with van der Waals surface area (Å²) in [6, 6.07) is 11.6. The highest BCUT2D eigenvalue weighted by molar-refractivity contribution is 5.85. The Morgan fingerprint density at radius 3 is 2.33 bits per heavy atom. The van der Waals surface area contributed by atoms with E-state index in [1.807, 2.05) is 0 Å². The first-order chi connectivity index (χ1) is 9.87. The number of carbonyl (C=O) groups is 1. The molecule has 1 atom stereocenters. The van der Waals surface area contributed by atoms with Crippen molar-refractivity contribution >= 4 is 11.7 Å². The summed E-state index contributed by atoms with van der Waals surface area (Å²) in [5.74, 6) is -1.57. The fourth-order valence-electron chi connectivity index (χ4n) is 2.17. The quantitative estimate of drug-likeness (QED) is 0.663. The minimum Gasteiger partial charge on any atom is -0.479 e. The molecule has 0 aromatic heterocycles. The fraction of sp³-hybridized carbons (Fsp3) is 0.133. The van der Waals surface area contributed by atoms with Crippen molar-refractivity contribution in [1.82, 2.24) is 0 Å². The van der Waals surface area contributed by atoms with Crippen molar-refractivity contribution in [3.05, 3.63) is 75.3 Å². The molecule has 21 heavy (non-hydrogen) atoms. The lowest BCUT2D eigenvalue weighted by Gasteiger charge is -2.24. The van der Waals surface area contributed by atoms with E-state index in [0.29, 0.717) is 5.56 Å². The van der Waals surface area contributed by atoms with E-state index in [4.69, 9.17) is 0 Å². The summed E-state index contributed by atoms with van der Waals surface area (Å²) in [5, 5.41) is 31.3. The van der Waals surface area contributed by atoms with Gasteiger partial charge in [0.1, 0.15) is 0 Å². The highest BCUT2D eigenvalue weighted by Crippen LogP contribution is 2.36. The number of nitrogens with zero attached hydrogens (tertiary/aromatic N) is 1. The largest absolute Gasteiger partial charge is 0.479 e. The molecule has 0 bridgehead atoms. The summed E-state index contributed by atoms with van der Waals surface area (Å²) in [5.41, 5.74) is -2.49. The predicted octanol–water partition coefficient (Wildman–Crippen LogP) is 2.22. The van der Waals surface area contributed by atoms with Gasteiger partial charge in [-0.3, -0.25) is 10.1 Å². The SMILES string of the molecule is Cc1ccc([N+](=O)[O-])c([C@@](O)(C(=O)O)c2ccccc2)c1. The highest BCUT2D eigenvalue weighted by Gasteiger charge is 2.44. The number of carboxylic acid groups (broad SMARTS) is 1. The van der Waals surface area contributed by atoms with Crippen molar-refractivity contribution in [3.8, 4) is 0 Å². The predicted molar refractivity (Wildman–Crippen MR) is 74.9 cm³/mol. The molecule has 0 spiro atoms. The molecule has 0 amide bonds. The Kier molecular flexibility index (Phi) is 3.73. The summed E-state index contributed by atoms with van der Waals surface area (Å²) in [4.78, 5) is 22.1. The number of aliphatic carboxylic acids is 1. The van der Waals surface area contributed by atoms with Crippen molar-refractivity contribution in [3.63, 3.8) is 0 Å². The van der Waals surface area contributed by atoms with Crippen LogP contribution in [0, 0.1) is 17.0 Å². The monoisotopic (exact) mass is 287 g/mol. The van der Waals surface area contributed by atoms with E-state index in [-0.39, 0.29) is 11.1 Å². The number of aryl methyl sites for hydroxylation is 1. The van der Waals surface area contributed by atoms with Crippen molar-refractivity contribution in [2.75, 3.05) is 0 Å². The molecule has 2 N–H and O–H groups in total. The van der Waals surface area contributed by atoms with Crippen LogP contribution in [0.2, 0.25) is 0 Å². The first-order valence-electron chi connectivity index (χ1n) is 6.14. The third kappa shape index (κ3) is 2.48. The van der Waals surface area contributed by atoms with Gasteiger partial charge in [0.15, 0.2) is 0 Å². The van der Waals surface area contributed by atoms with E-state index in [1.54, 1.807) is 25.1 Å². The Morgan fingerprint density at radius 1 is 1.19 bits per heavy atom. The molecule has 108 valence electrons. The van der Waals surface area contributed by atoms with Crippen LogP contribution in [0.5, 0.6) is 0 Å². The average Bonchev–Trinajstić information content (AvgIpc) is 2.46. The summed E-state index contributed by atoms with van der Waals surface area (Å²) in [6.07, 6.45) is 0. The van der Waals surface area contributed by atoms with Crippen LogP contribution in [0.15, 0.2) is 48.5 Å². The summed E-state index contributed by atoms with van der Waals surface area (Å²) in [7, 11) is 0. The second-order valence-corrected chi connectivity index (χ2v) is 4.66. The molecular formula is C15H13NO5. The lowest BCUT2D eigenvalue weighted by atomic mass is 9.84. The van der Waals surface area contributed by atoms with E-state index in [2.05, 4.69) is 0 Å². The standard InChI is InChI=1S/C15H13NO5/c1-10-7-8-13(16(20)21)12(9-10)15(19,14(17)18)11-5-3-2-4-6-11/h2-9,19H,1H3,(H,17,18)/t15-/m1/s1. The molecule has 0 fully saturated rings. The van der Waals surface area contributed by atoms with Crippen LogP contribution in [0.3, 0.4) is 0 Å². The zero-order chi connectivity index (χ0) is 15.6. The number of benzene rings is 2. The van der Waals surface area contributed by atoms with Gasteiger partial charge < -0.3 is 10.2 Å². The summed E-state index contributed by atoms with van der Waals surface area (Å²) < 4.78 is 0. The Morgan fingerprint density at radius 2 is 1.81 bits per heavy atom. The highest BCUT2D eigenvalue weighted by atomic mass is 16.6. The van der Waals surface area contributed by atoms with E-state index >= 15 is 0 Å². The summed E-state index contributed by atoms with van der Waals surface area (Å²) in [6.45, 7) is 1.67. The lowest BCUT2D eigenvalue weighted by Crippen LogP contribution is -2.37. The lowest BCUT2D eigenvalue weighted by molar-refractivity contribution is -0.386. The topological polar surface area (TPSA) is 101 Å². The average molecular weight is 287 g/mol. The number of rotatable bonds is 4. The molecule has 0 unspecified atom stereocenters. The van der Waals surface area contributed by atoms with Gasteiger partial charge in [-0.2, -0.15) is 0 Å². The number of hydrogen-bond acceptors (Lipinski definition) is 4. The van der Waals surface area contributed by atoms with Gasteiger partial charge in [0, 0.05) is 6.07 Å². The first kappa shape index (κ1) is 14.7. The van der Waals surface area contributed by atoms with Gasteiger partial charge in [0.2, 0.25) is 5.60 Å². The molecule has 6 heteroatoms. The van der Waals surface area contributed by atoms with Crippen LogP contribution in [0.1, 0.15) is 16.7 Å². The molecule has 0 radical (unpaired) electrons. The van der Waals surface area contributed by atoms with Crippen LogP contribution in [0.4, 0.5) is 5.69 Å². The van der Waals surface area contributed by atoms with Gasteiger partial charge in [-0.15, -0.1) is 0 Å². The first-order valence-corrected chi connectivity index (χ1v) is 6.14. The molecule has 6 nitrogen and oxygen atoms in total. The number of hydrogen-bond donors (Lipinski definition) is 2. The molecular weight excluding hydrogens is 274 g/mol. The minimum atomic E-state index is -2.48. The zero-order valence-electron chi connectivity index (χ0n) is 11.2. The fourth-order valence-corrected chi connectivity index (χ4v) is 2.17. The molecule has 0 heterocycles. The maximum absolute atomic E-state index is 11.6. The zero-order valence-corrected chi connectivity index (χ0v) is 11.2. The summed E-state index contributed by atoms with van der Waals surface area (Å²) >= 11 is 0. The van der Waals surface area contributed by atoms with Crippen LogP contribution in [-0.2, 0) is 10.4 Å². The van der Waals surface area contributed by atoms with Crippen LogP contribution in [0.25, 0.3) is 0 Å². The number of aliphatic hydroxyl groups is 1. The minimum absolute atomic E-state index is 0.0613. The Bertz CT molecular complexity index is 698. The van der Waals surface area contributed by atoms with Crippen LogP contribution in [-0.4, -0.2) is 21.1 Å². The molecule has 0 saturated heterocycles. The second kappa shape index (κ2) is 5.34. The van der Waals surface area contributed by atoms with Gasteiger partial charge in [-0.25, -0.2) is 4.79 Å². The van der Waals surface area contributed by atoms with E-state index < -0.39 is 22.2 Å². The van der Waals surface area contributed by atoms with Gasteiger partial charge in [-0.05, 0) is 18.6 Å². The maximum Gasteiger partial charge on any atom is 0.345 e. The van der Waals surface area contributed by atoms with E-state index in [1.165, 1.54) is 30.3 Å². The third-order valence-corrected chi connectivity index (χ3v) is 3.24. The van der Waals surface area contributed by atoms with Crippen LogP contribution >= 0.6 is 0 Å². The molecule has 2 aromatic carbocycles. The number of nitro benzene ring substituents is 1. The molecule has 0 aliphatic carbocycles. The Balaban J connectivity index is 2.78. The number of carboxylic acids is 1. The van der Waals surface area contributed by atoms with Crippen molar-refractivity contribution < 1.29 is 19.9 Å². The van der Waals surface area contributed by atoms with Crippen molar-refractivity contribution in [2.45, 2.75) is 12.5 Å². The van der Waals surface area contributed by atoms with Gasteiger partial charge in [0.05, 0.1) is 10.5 Å². The smallest absolute Gasteiger partial charge is 0.345 e. The number of nitro groups is 1. The van der Waals surface area contributed by atoms with Crippen molar-refractivity contribution in [1.29, 1.82) is 0 Å². The molecule has 2 aromatic rings. The molecule has 2 rings (SSSR count). The third-order valence-electron chi connectivity index (χ3n) is 3.24. The molecule has 0 aliphatic rings. The van der Waals surface area contributed by atoms with Gasteiger partial charge >= 0.3 is 5.97 Å². The molecule has 0 aliphatic heterocycles. The van der Waals surface area contributed by atoms with E-state index in [9.17, 15) is 25.1 Å². The van der Waals surface area contributed by atoms with Crippen molar-refractivity contribution in [2.24, 2.45) is 0 Å². The Hall–Kier alpha value is -2.73. The second-order valence-electron chi connectivity index (χ2n) is 4.66. The van der Waals surface area contributed by atoms with Gasteiger partial charge in [0.25, 0.3) is 5.69 Å². The maximum atomic E-state index is 11.6. The van der Waals surface area contributed by atoms with Gasteiger partial charge in [-0.1, -0.05) is 42.0 Å². The van der Waals surface area contributed by atoms with Crippen LogP contribution < -0.4 is 0 Å².